The lowest BCUT2D eigenvalue weighted by Gasteiger charge is -2.34. The summed E-state index contributed by atoms with van der Waals surface area (Å²) in [5.74, 6) is 0.432. The Morgan fingerprint density at radius 1 is 1.33 bits per heavy atom. The van der Waals surface area contributed by atoms with E-state index in [9.17, 15) is 4.79 Å². The number of amides is 1. The van der Waals surface area contributed by atoms with Gasteiger partial charge in [-0.15, -0.1) is 0 Å². The number of carbonyl (C=O) groups excluding carboxylic acids is 1. The Morgan fingerprint density at radius 3 is 2.33 bits per heavy atom. The molecular formula is C15H29NO2. The first-order valence-corrected chi connectivity index (χ1v) is 6.93. The summed E-state index contributed by atoms with van der Waals surface area (Å²) in [6.45, 7) is 17.2. The molecule has 0 aliphatic carbocycles. The van der Waals surface area contributed by atoms with Crippen LogP contribution in [0.15, 0.2) is 12.2 Å². The molecule has 1 rings (SSSR count). The van der Waals surface area contributed by atoms with E-state index in [0.29, 0.717) is 5.92 Å². The number of rotatable bonds is 1. The van der Waals surface area contributed by atoms with Crippen molar-refractivity contribution in [3.05, 3.63) is 12.2 Å². The molecule has 1 fully saturated rings. The number of nitrogens with zero attached hydrogens (tertiary/aromatic N) is 1. The van der Waals surface area contributed by atoms with Gasteiger partial charge < -0.3 is 9.64 Å². The van der Waals surface area contributed by atoms with Crippen LogP contribution in [0.25, 0.3) is 0 Å². The third-order valence-electron chi connectivity index (χ3n) is 2.77. The second-order valence-electron chi connectivity index (χ2n) is 5.61. The van der Waals surface area contributed by atoms with Gasteiger partial charge in [-0.25, -0.2) is 4.79 Å². The fraction of sp³-hybridized carbons (Fsp3) is 0.800. The van der Waals surface area contributed by atoms with Gasteiger partial charge in [-0.1, -0.05) is 26.0 Å². The van der Waals surface area contributed by atoms with Gasteiger partial charge in [0.2, 0.25) is 0 Å². The highest BCUT2D eigenvalue weighted by Crippen LogP contribution is 2.23. The number of hydrogen-bond acceptors (Lipinski definition) is 2. The maximum Gasteiger partial charge on any atom is 0.410 e. The van der Waals surface area contributed by atoms with Crippen molar-refractivity contribution in [2.24, 2.45) is 5.92 Å². The van der Waals surface area contributed by atoms with Crippen LogP contribution in [0.3, 0.4) is 0 Å². The zero-order valence-electron chi connectivity index (χ0n) is 12.9. The molecule has 1 heterocycles. The summed E-state index contributed by atoms with van der Waals surface area (Å²) in [6, 6.07) is 0. The van der Waals surface area contributed by atoms with Gasteiger partial charge in [0.05, 0.1) is 0 Å². The van der Waals surface area contributed by atoms with Gasteiger partial charge in [0, 0.05) is 13.1 Å². The molecule has 106 valence electrons. The van der Waals surface area contributed by atoms with Crippen LogP contribution in [0.1, 0.15) is 54.4 Å². The average molecular weight is 255 g/mol. The fourth-order valence-electron chi connectivity index (χ4n) is 1.87. The van der Waals surface area contributed by atoms with Crippen molar-refractivity contribution in [2.45, 2.75) is 60.0 Å². The third kappa shape index (κ3) is 6.08. The molecule has 0 spiro atoms. The minimum Gasteiger partial charge on any atom is -0.444 e. The Morgan fingerprint density at radius 2 is 1.89 bits per heavy atom. The lowest BCUT2D eigenvalue weighted by atomic mass is 9.92. The number of hydrogen-bond donors (Lipinski definition) is 0. The van der Waals surface area contributed by atoms with Crippen LogP contribution < -0.4 is 0 Å². The Balaban J connectivity index is 0.00000137. The van der Waals surface area contributed by atoms with Gasteiger partial charge in [-0.2, -0.15) is 0 Å². The van der Waals surface area contributed by atoms with Crippen molar-refractivity contribution in [3.63, 3.8) is 0 Å². The first kappa shape index (κ1) is 17.0. The third-order valence-corrected chi connectivity index (χ3v) is 2.77. The molecule has 0 aromatic heterocycles. The number of ether oxygens (including phenoxy) is 1. The van der Waals surface area contributed by atoms with Crippen LogP contribution in [0.4, 0.5) is 4.79 Å². The maximum atomic E-state index is 11.9. The molecule has 0 aromatic carbocycles. The highest BCUT2D eigenvalue weighted by Gasteiger charge is 2.27. The molecule has 1 saturated heterocycles. The van der Waals surface area contributed by atoms with Crippen LogP contribution in [-0.4, -0.2) is 29.7 Å². The van der Waals surface area contributed by atoms with Gasteiger partial charge in [0.15, 0.2) is 0 Å². The van der Waals surface area contributed by atoms with Crippen molar-refractivity contribution in [3.8, 4) is 0 Å². The lowest BCUT2D eigenvalue weighted by Crippen LogP contribution is -2.43. The van der Waals surface area contributed by atoms with E-state index < -0.39 is 5.60 Å². The van der Waals surface area contributed by atoms with Gasteiger partial charge in [0.1, 0.15) is 5.60 Å². The molecule has 0 saturated carbocycles. The summed E-state index contributed by atoms with van der Waals surface area (Å²) < 4.78 is 5.36. The Kier molecular flexibility index (Phi) is 7.04. The Labute approximate surface area is 112 Å². The lowest BCUT2D eigenvalue weighted by molar-refractivity contribution is 0.0183. The molecule has 0 bridgehead atoms. The van der Waals surface area contributed by atoms with Crippen molar-refractivity contribution >= 4 is 6.09 Å². The van der Waals surface area contributed by atoms with Crippen molar-refractivity contribution in [2.75, 3.05) is 13.1 Å². The quantitative estimate of drug-likeness (QED) is 0.656. The molecule has 3 nitrogen and oxygen atoms in total. The molecule has 1 aliphatic rings. The summed E-state index contributed by atoms with van der Waals surface area (Å²) in [5, 5.41) is 0. The van der Waals surface area contributed by atoms with Crippen LogP contribution in [0, 0.1) is 5.92 Å². The van der Waals surface area contributed by atoms with E-state index in [1.807, 2.05) is 41.5 Å². The average Bonchev–Trinajstić information content (AvgIpc) is 2.29. The topological polar surface area (TPSA) is 29.5 Å². The van der Waals surface area contributed by atoms with Gasteiger partial charge in [-0.3, -0.25) is 0 Å². The van der Waals surface area contributed by atoms with Crippen LogP contribution in [0.2, 0.25) is 0 Å². The summed E-state index contributed by atoms with van der Waals surface area (Å²) in [7, 11) is 0. The smallest absolute Gasteiger partial charge is 0.410 e. The van der Waals surface area contributed by atoms with Gasteiger partial charge >= 0.3 is 6.09 Å². The zero-order chi connectivity index (χ0) is 14.3. The molecule has 1 atom stereocenters. The van der Waals surface area contributed by atoms with Crippen molar-refractivity contribution in [1.82, 2.24) is 4.90 Å². The van der Waals surface area contributed by atoms with E-state index in [1.165, 1.54) is 0 Å². The van der Waals surface area contributed by atoms with E-state index in [1.54, 1.807) is 4.90 Å². The van der Waals surface area contributed by atoms with E-state index >= 15 is 0 Å². The second-order valence-corrected chi connectivity index (χ2v) is 5.61. The normalized spacial score (nSPS) is 19.7. The first-order valence-electron chi connectivity index (χ1n) is 6.93. The highest BCUT2D eigenvalue weighted by atomic mass is 16.6. The summed E-state index contributed by atoms with van der Waals surface area (Å²) >= 11 is 0. The van der Waals surface area contributed by atoms with Gasteiger partial charge in [0.25, 0.3) is 0 Å². The Bertz CT molecular complexity index is 279. The first-order chi connectivity index (χ1) is 8.29. The standard InChI is InChI=1S/C13H23NO2.C2H6/c1-10(2)11-7-6-8-14(9-11)12(15)16-13(3,4)5;1-2/h11H,1,6-9H2,2-5H3;1-2H3. The number of piperidine rings is 1. The second kappa shape index (κ2) is 7.45. The van der Waals surface area contributed by atoms with Crippen LogP contribution in [-0.2, 0) is 4.74 Å². The number of carbonyl (C=O) groups is 1. The maximum absolute atomic E-state index is 11.9. The minimum absolute atomic E-state index is 0.196. The van der Waals surface area contributed by atoms with Crippen LogP contribution >= 0.6 is 0 Å². The van der Waals surface area contributed by atoms with Crippen LogP contribution in [0.5, 0.6) is 0 Å². The summed E-state index contributed by atoms with van der Waals surface area (Å²) in [6.07, 6.45) is 1.98. The van der Waals surface area contributed by atoms with E-state index in [-0.39, 0.29) is 6.09 Å². The number of likely N-dealkylation sites (tertiary alicyclic amines) is 1. The fourth-order valence-corrected chi connectivity index (χ4v) is 1.87. The Hall–Kier alpha value is -0.990. The molecule has 18 heavy (non-hydrogen) atoms. The van der Waals surface area contributed by atoms with Gasteiger partial charge in [-0.05, 0) is 46.5 Å². The minimum atomic E-state index is -0.409. The molecule has 0 radical (unpaired) electrons. The molecule has 1 amide bonds. The SMILES string of the molecule is C=C(C)C1CCCN(C(=O)OC(C)(C)C)C1.CC. The monoisotopic (exact) mass is 255 g/mol. The molecule has 1 aliphatic heterocycles. The van der Waals surface area contributed by atoms with E-state index in [2.05, 4.69) is 6.58 Å². The molecule has 1 unspecified atom stereocenters. The summed E-state index contributed by atoms with van der Waals surface area (Å²) in [4.78, 5) is 13.7. The predicted molar refractivity (Wildman–Crippen MR) is 76.7 cm³/mol. The largest absolute Gasteiger partial charge is 0.444 e. The molecule has 0 aromatic rings. The van der Waals surface area contributed by atoms with E-state index in [0.717, 1.165) is 31.5 Å². The highest BCUT2D eigenvalue weighted by molar-refractivity contribution is 5.68. The summed E-state index contributed by atoms with van der Waals surface area (Å²) in [5.41, 5.74) is 0.751. The zero-order valence-corrected chi connectivity index (χ0v) is 12.9. The van der Waals surface area contributed by atoms with Crippen molar-refractivity contribution < 1.29 is 9.53 Å². The molecule has 0 N–H and O–H groups in total. The molecular weight excluding hydrogens is 226 g/mol. The predicted octanol–water partition coefficient (Wildman–Crippen LogP) is 4.24. The molecule has 3 heteroatoms. The van der Waals surface area contributed by atoms with E-state index in [4.69, 9.17) is 4.74 Å². The van der Waals surface area contributed by atoms with Crippen molar-refractivity contribution in [1.29, 1.82) is 0 Å².